The van der Waals surface area contributed by atoms with Crippen molar-refractivity contribution in [2.45, 2.75) is 33.4 Å². The van der Waals surface area contributed by atoms with E-state index >= 15 is 0 Å². The summed E-state index contributed by atoms with van der Waals surface area (Å²) >= 11 is 3.49. The van der Waals surface area contributed by atoms with E-state index in [2.05, 4.69) is 39.5 Å². The second-order valence-electron chi connectivity index (χ2n) is 6.42. The number of carbonyl (C=O) groups excluding carboxylic acids is 2. The van der Waals surface area contributed by atoms with E-state index in [1.165, 1.54) is 0 Å². The Morgan fingerprint density at radius 3 is 2.50 bits per heavy atom. The van der Waals surface area contributed by atoms with Crippen LogP contribution in [0.3, 0.4) is 0 Å². The Morgan fingerprint density at radius 1 is 1.32 bits per heavy atom. The summed E-state index contributed by atoms with van der Waals surface area (Å²) in [6.45, 7) is 14.0. The predicted molar refractivity (Wildman–Crippen MR) is 111 cm³/mol. The zero-order chi connectivity index (χ0) is 20.8. The molecule has 2 aromatic rings. The molecule has 0 saturated heterocycles. The van der Waals surface area contributed by atoms with E-state index < -0.39 is 11.9 Å². The second-order valence-corrected chi connectivity index (χ2v) is 7.22. The van der Waals surface area contributed by atoms with Crippen LogP contribution in [0.2, 0.25) is 0 Å². The van der Waals surface area contributed by atoms with Crippen molar-refractivity contribution in [2.75, 3.05) is 13.1 Å². The van der Waals surface area contributed by atoms with E-state index in [0.717, 1.165) is 15.9 Å². The van der Waals surface area contributed by atoms with Crippen LogP contribution in [0.15, 0.2) is 46.3 Å². The summed E-state index contributed by atoms with van der Waals surface area (Å²) in [6.07, 6.45) is 3.26. The van der Waals surface area contributed by atoms with Crippen molar-refractivity contribution in [3.8, 4) is 0 Å². The Bertz CT molecular complexity index is 874. The molecule has 0 fully saturated rings. The van der Waals surface area contributed by atoms with Gasteiger partial charge in [0, 0.05) is 13.1 Å². The van der Waals surface area contributed by atoms with Crippen LogP contribution in [-0.4, -0.2) is 45.6 Å². The van der Waals surface area contributed by atoms with Crippen molar-refractivity contribution in [1.29, 1.82) is 0 Å². The minimum atomic E-state index is -0.701. The normalized spacial score (nSPS) is 11.7. The molecule has 1 unspecified atom stereocenters. The van der Waals surface area contributed by atoms with Crippen LogP contribution < -0.4 is 5.32 Å². The molecular weight excluding hydrogens is 424 g/mol. The molecule has 0 aliphatic heterocycles. The van der Waals surface area contributed by atoms with Crippen molar-refractivity contribution in [2.24, 2.45) is 0 Å². The lowest BCUT2D eigenvalue weighted by Crippen LogP contribution is -2.47. The van der Waals surface area contributed by atoms with Crippen molar-refractivity contribution < 1.29 is 14.0 Å². The SMILES string of the molecule is C=CCN(CC=C)C(=O)C(C)NC(=O)c1ccc(Cn2nc(C)c(Br)c2C)o1. The van der Waals surface area contributed by atoms with Crippen LogP contribution in [0.1, 0.15) is 34.6 Å². The number of aryl methyl sites for hydroxylation is 1. The molecule has 2 heterocycles. The molecule has 0 aromatic carbocycles. The summed E-state index contributed by atoms with van der Waals surface area (Å²) in [5.41, 5.74) is 1.86. The number of hydrogen-bond acceptors (Lipinski definition) is 4. The van der Waals surface area contributed by atoms with Crippen molar-refractivity contribution in [3.63, 3.8) is 0 Å². The molecule has 0 aliphatic carbocycles. The number of aromatic nitrogens is 2. The third-order valence-electron chi connectivity index (χ3n) is 4.21. The zero-order valence-corrected chi connectivity index (χ0v) is 18.0. The fraction of sp³-hybridized carbons (Fsp3) is 0.350. The van der Waals surface area contributed by atoms with Crippen LogP contribution in [0.5, 0.6) is 0 Å². The van der Waals surface area contributed by atoms with E-state index in [9.17, 15) is 9.59 Å². The second kappa shape index (κ2) is 9.54. The van der Waals surface area contributed by atoms with Crippen molar-refractivity contribution in [1.82, 2.24) is 20.0 Å². The van der Waals surface area contributed by atoms with Gasteiger partial charge in [0.2, 0.25) is 5.91 Å². The molecule has 0 radical (unpaired) electrons. The third kappa shape index (κ3) is 5.01. The Morgan fingerprint density at radius 2 is 1.96 bits per heavy atom. The number of nitrogens with zero attached hydrogens (tertiary/aromatic N) is 3. The highest BCUT2D eigenvalue weighted by Crippen LogP contribution is 2.21. The maximum absolute atomic E-state index is 12.5. The number of nitrogens with one attached hydrogen (secondary N) is 1. The summed E-state index contributed by atoms with van der Waals surface area (Å²) in [7, 11) is 0. The van der Waals surface area contributed by atoms with Crippen molar-refractivity contribution >= 4 is 27.7 Å². The third-order valence-corrected chi connectivity index (χ3v) is 5.36. The molecule has 1 atom stereocenters. The molecule has 8 heteroatoms. The minimum Gasteiger partial charge on any atom is -0.454 e. The molecular formula is C20H25BrN4O3. The van der Waals surface area contributed by atoms with Gasteiger partial charge in [-0.15, -0.1) is 13.2 Å². The highest BCUT2D eigenvalue weighted by Gasteiger charge is 2.22. The number of carbonyl (C=O) groups is 2. The Kier molecular flexibility index (Phi) is 7.39. The van der Waals surface area contributed by atoms with Gasteiger partial charge in [0.05, 0.1) is 22.4 Å². The molecule has 2 amide bonds. The fourth-order valence-corrected chi connectivity index (χ4v) is 3.02. The van der Waals surface area contributed by atoms with E-state index in [1.807, 2.05) is 13.8 Å². The zero-order valence-electron chi connectivity index (χ0n) is 16.4. The van der Waals surface area contributed by atoms with E-state index in [1.54, 1.807) is 40.8 Å². The van der Waals surface area contributed by atoms with Gasteiger partial charge < -0.3 is 14.6 Å². The topological polar surface area (TPSA) is 80.4 Å². The molecule has 150 valence electrons. The molecule has 28 heavy (non-hydrogen) atoms. The Labute approximate surface area is 173 Å². The maximum atomic E-state index is 12.5. The van der Waals surface area contributed by atoms with Crippen LogP contribution in [0.4, 0.5) is 0 Å². The standard InChI is InChI=1S/C20H25BrN4O3/c1-6-10-24(11-7-2)20(27)14(4)22-19(26)17-9-8-16(28-17)12-25-15(5)18(21)13(3)23-25/h6-9,14H,1-2,10-12H2,3-5H3,(H,22,26). The lowest BCUT2D eigenvalue weighted by molar-refractivity contribution is -0.131. The first-order chi connectivity index (χ1) is 13.3. The Balaban J connectivity index is 2.03. The summed E-state index contributed by atoms with van der Waals surface area (Å²) < 4.78 is 8.40. The Hall–Kier alpha value is -2.61. The number of rotatable bonds is 9. The lowest BCUT2D eigenvalue weighted by Gasteiger charge is -2.23. The highest BCUT2D eigenvalue weighted by molar-refractivity contribution is 9.10. The number of hydrogen-bond donors (Lipinski definition) is 1. The molecule has 2 aromatic heterocycles. The van der Waals surface area contributed by atoms with E-state index in [-0.39, 0.29) is 11.7 Å². The van der Waals surface area contributed by atoms with Crippen LogP contribution in [-0.2, 0) is 11.3 Å². The highest BCUT2D eigenvalue weighted by atomic mass is 79.9. The van der Waals surface area contributed by atoms with E-state index in [0.29, 0.717) is 25.4 Å². The first-order valence-corrected chi connectivity index (χ1v) is 9.67. The monoisotopic (exact) mass is 448 g/mol. The van der Waals surface area contributed by atoms with E-state index in [4.69, 9.17) is 4.42 Å². The fourth-order valence-electron chi connectivity index (χ4n) is 2.73. The molecule has 0 spiro atoms. The first-order valence-electron chi connectivity index (χ1n) is 8.88. The molecule has 0 aliphatic rings. The van der Waals surface area contributed by atoms with Gasteiger partial charge in [-0.3, -0.25) is 14.3 Å². The summed E-state index contributed by atoms with van der Waals surface area (Å²) in [6, 6.07) is 2.62. The first kappa shape index (κ1) is 21.7. The van der Waals surface area contributed by atoms with Gasteiger partial charge >= 0.3 is 0 Å². The summed E-state index contributed by atoms with van der Waals surface area (Å²) in [4.78, 5) is 26.5. The van der Waals surface area contributed by atoms with Gasteiger partial charge in [0.1, 0.15) is 11.8 Å². The quantitative estimate of drug-likeness (QED) is 0.597. The average molecular weight is 449 g/mol. The van der Waals surface area contributed by atoms with Gasteiger partial charge in [-0.25, -0.2) is 0 Å². The minimum absolute atomic E-state index is 0.147. The lowest BCUT2D eigenvalue weighted by atomic mass is 10.2. The largest absolute Gasteiger partial charge is 0.454 e. The summed E-state index contributed by atoms with van der Waals surface area (Å²) in [5, 5.41) is 7.10. The average Bonchev–Trinajstić information content (AvgIpc) is 3.22. The molecule has 0 bridgehead atoms. The van der Waals surface area contributed by atoms with Gasteiger partial charge in [-0.05, 0) is 48.8 Å². The van der Waals surface area contributed by atoms with Gasteiger partial charge in [0.15, 0.2) is 5.76 Å². The van der Waals surface area contributed by atoms with Gasteiger partial charge in [0.25, 0.3) is 5.91 Å². The molecule has 0 saturated carbocycles. The van der Waals surface area contributed by atoms with Gasteiger partial charge in [-0.1, -0.05) is 12.2 Å². The van der Waals surface area contributed by atoms with Crippen molar-refractivity contribution in [3.05, 3.63) is 64.8 Å². The number of furan rings is 1. The van der Waals surface area contributed by atoms with Crippen LogP contribution in [0, 0.1) is 13.8 Å². The number of halogens is 1. The molecule has 2 rings (SSSR count). The van der Waals surface area contributed by atoms with Crippen LogP contribution in [0.25, 0.3) is 0 Å². The molecule has 7 nitrogen and oxygen atoms in total. The smallest absolute Gasteiger partial charge is 0.287 e. The predicted octanol–water partition coefficient (Wildman–Crippen LogP) is 3.22. The summed E-state index contributed by atoms with van der Waals surface area (Å²) in [5.74, 6) is 0.0858. The van der Waals surface area contributed by atoms with Crippen LogP contribution >= 0.6 is 15.9 Å². The number of amides is 2. The van der Waals surface area contributed by atoms with Gasteiger partial charge in [-0.2, -0.15) is 5.10 Å². The maximum Gasteiger partial charge on any atom is 0.287 e. The molecule has 1 N–H and O–H groups in total.